The van der Waals surface area contributed by atoms with E-state index in [2.05, 4.69) is 21.2 Å². The number of halogens is 1. The summed E-state index contributed by atoms with van der Waals surface area (Å²) in [6.45, 7) is 0. The van der Waals surface area contributed by atoms with Gasteiger partial charge in [0.15, 0.2) is 0 Å². The molecule has 0 spiro atoms. The molecule has 0 aliphatic rings. The first-order valence-corrected chi connectivity index (χ1v) is 5.94. The number of nitrogens with one attached hydrogen (secondary N) is 1. The van der Waals surface area contributed by atoms with E-state index in [9.17, 15) is 0 Å². The van der Waals surface area contributed by atoms with Crippen molar-refractivity contribution < 1.29 is 4.74 Å². The van der Waals surface area contributed by atoms with Crippen LogP contribution in [0.5, 0.6) is 5.75 Å². The summed E-state index contributed by atoms with van der Waals surface area (Å²) in [5.41, 5.74) is 8.34. The Balaban J connectivity index is 2.21. The maximum absolute atomic E-state index is 5.75. The largest absolute Gasteiger partial charge is 0.495 e. The van der Waals surface area contributed by atoms with Crippen LogP contribution in [-0.2, 0) is 0 Å². The number of nitrogens with two attached hydrogens (primary N) is 1. The maximum Gasteiger partial charge on any atom is 0.143 e. The summed E-state index contributed by atoms with van der Waals surface area (Å²) in [6, 6.07) is 13.6. The molecule has 0 radical (unpaired) electrons. The van der Waals surface area contributed by atoms with Gasteiger partial charge in [-0.25, -0.2) is 0 Å². The average molecular weight is 293 g/mol. The third kappa shape index (κ3) is 2.91. The Morgan fingerprint density at radius 2 is 1.71 bits per heavy atom. The zero-order valence-corrected chi connectivity index (χ0v) is 11.0. The summed E-state index contributed by atoms with van der Waals surface area (Å²) in [5, 5.41) is 3.28. The molecule has 0 saturated carbocycles. The Labute approximate surface area is 109 Å². The molecule has 0 amide bonds. The molecule has 2 aromatic carbocycles. The van der Waals surface area contributed by atoms with Crippen LogP contribution in [0.25, 0.3) is 0 Å². The predicted molar refractivity (Wildman–Crippen MR) is 74.8 cm³/mol. The van der Waals surface area contributed by atoms with Crippen molar-refractivity contribution in [2.24, 2.45) is 0 Å². The summed E-state index contributed by atoms with van der Waals surface area (Å²) < 4.78 is 6.22. The van der Waals surface area contributed by atoms with E-state index in [4.69, 9.17) is 10.5 Å². The van der Waals surface area contributed by atoms with Crippen LogP contribution in [0.2, 0.25) is 0 Å². The molecule has 17 heavy (non-hydrogen) atoms. The van der Waals surface area contributed by atoms with Crippen LogP contribution in [0.4, 0.5) is 17.1 Å². The molecule has 0 saturated heterocycles. The number of nitrogen functional groups attached to an aromatic ring is 1. The number of anilines is 3. The van der Waals surface area contributed by atoms with E-state index in [1.165, 1.54) is 0 Å². The van der Waals surface area contributed by atoms with Crippen molar-refractivity contribution in [1.82, 2.24) is 0 Å². The third-order valence-electron chi connectivity index (χ3n) is 2.37. The van der Waals surface area contributed by atoms with Crippen molar-refractivity contribution in [2.75, 3.05) is 18.2 Å². The zero-order valence-electron chi connectivity index (χ0n) is 9.41. The number of benzene rings is 2. The van der Waals surface area contributed by atoms with Gasteiger partial charge in [-0.05, 0) is 36.4 Å². The SMILES string of the molecule is COc1cc(Nc2ccc(Br)cc2)ccc1N. The van der Waals surface area contributed by atoms with Crippen LogP contribution in [0.3, 0.4) is 0 Å². The van der Waals surface area contributed by atoms with Crippen molar-refractivity contribution >= 4 is 33.0 Å². The number of hydrogen-bond donors (Lipinski definition) is 2. The van der Waals surface area contributed by atoms with E-state index >= 15 is 0 Å². The first-order chi connectivity index (χ1) is 8.19. The Hall–Kier alpha value is -1.68. The van der Waals surface area contributed by atoms with Gasteiger partial charge in [-0.15, -0.1) is 0 Å². The first kappa shape index (κ1) is 11.8. The summed E-state index contributed by atoms with van der Waals surface area (Å²) in [5.74, 6) is 0.673. The van der Waals surface area contributed by atoms with Crippen molar-refractivity contribution in [3.8, 4) is 5.75 Å². The van der Waals surface area contributed by atoms with Crippen LogP contribution in [0.15, 0.2) is 46.9 Å². The molecule has 2 rings (SSSR count). The van der Waals surface area contributed by atoms with Crippen LogP contribution in [0.1, 0.15) is 0 Å². The monoisotopic (exact) mass is 292 g/mol. The van der Waals surface area contributed by atoms with Crippen molar-refractivity contribution in [3.05, 3.63) is 46.9 Å². The second-order valence-electron chi connectivity index (χ2n) is 3.59. The highest BCUT2D eigenvalue weighted by molar-refractivity contribution is 9.10. The molecule has 3 nitrogen and oxygen atoms in total. The standard InChI is InChI=1S/C13H13BrN2O/c1-17-13-8-11(6-7-12(13)15)16-10-4-2-9(14)3-5-10/h2-8,16H,15H2,1H3. The lowest BCUT2D eigenvalue weighted by atomic mass is 10.2. The zero-order chi connectivity index (χ0) is 12.3. The van der Waals surface area contributed by atoms with E-state index in [1.54, 1.807) is 7.11 Å². The quantitative estimate of drug-likeness (QED) is 0.847. The Kier molecular flexibility index (Phi) is 3.54. The lowest BCUT2D eigenvalue weighted by Gasteiger charge is -2.10. The van der Waals surface area contributed by atoms with Gasteiger partial charge in [0.25, 0.3) is 0 Å². The van der Waals surface area contributed by atoms with Crippen molar-refractivity contribution in [1.29, 1.82) is 0 Å². The topological polar surface area (TPSA) is 47.3 Å². The van der Waals surface area contributed by atoms with Crippen LogP contribution < -0.4 is 15.8 Å². The van der Waals surface area contributed by atoms with E-state index in [0.717, 1.165) is 15.8 Å². The Morgan fingerprint density at radius 1 is 1.06 bits per heavy atom. The molecule has 0 bridgehead atoms. The van der Waals surface area contributed by atoms with Gasteiger partial charge in [-0.3, -0.25) is 0 Å². The molecule has 0 aromatic heterocycles. The van der Waals surface area contributed by atoms with E-state index < -0.39 is 0 Å². The minimum absolute atomic E-state index is 0.633. The van der Waals surface area contributed by atoms with Gasteiger partial charge in [-0.1, -0.05) is 15.9 Å². The fourth-order valence-electron chi connectivity index (χ4n) is 1.49. The molecular formula is C13H13BrN2O. The molecule has 88 valence electrons. The number of ether oxygens (including phenoxy) is 1. The van der Waals surface area contributed by atoms with E-state index in [0.29, 0.717) is 11.4 Å². The molecule has 0 atom stereocenters. The predicted octanol–water partition coefficient (Wildman–Crippen LogP) is 3.78. The number of methoxy groups -OCH3 is 1. The van der Waals surface area contributed by atoms with Gasteiger partial charge in [0.1, 0.15) is 5.75 Å². The fraction of sp³-hybridized carbons (Fsp3) is 0.0769. The Morgan fingerprint density at radius 3 is 2.35 bits per heavy atom. The highest BCUT2D eigenvalue weighted by Crippen LogP contribution is 2.27. The minimum atomic E-state index is 0.633. The summed E-state index contributed by atoms with van der Waals surface area (Å²) in [6.07, 6.45) is 0. The highest BCUT2D eigenvalue weighted by Gasteiger charge is 2.01. The second kappa shape index (κ2) is 5.10. The molecule has 0 heterocycles. The molecule has 0 unspecified atom stereocenters. The van der Waals surface area contributed by atoms with Gasteiger partial charge in [0.05, 0.1) is 12.8 Å². The van der Waals surface area contributed by atoms with Gasteiger partial charge in [0.2, 0.25) is 0 Å². The molecule has 4 heteroatoms. The smallest absolute Gasteiger partial charge is 0.143 e. The first-order valence-electron chi connectivity index (χ1n) is 5.15. The van der Waals surface area contributed by atoms with Gasteiger partial charge in [-0.2, -0.15) is 0 Å². The number of rotatable bonds is 3. The molecule has 3 N–H and O–H groups in total. The van der Waals surface area contributed by atoms with Gasteiger partial charge in [0, 0.05) is 21.9 Å². The number of hydrogen-bond acceptors (Lipinski definition) is 3. The second-order valence-corrected chi connectivity index (χ2v) is 4.50. The van der Waals surface area contributed by atoms with Crippen LogP contribution >= 0.6 is 15.9 Å². The minimum Gasteiger partial charge on any atom is -0.495 e. The van der Waals surface area contributed by atoms with Crippen LogP contribution in [-0.4, -0.2) is 7.11 Å². The average Bonchev–Trinajstić information content (AvgIpc) is 2.34. The molecule has 0 aliphatic heterocycles. The van der Waals surface area contributed by atoms with Gasteiger partial charge < -0.3 is 15.8 Å². The van der Waals surface area contributed by atoms with Crippen LogP contribution in [0, 0.1) is 0 Å². The lowest BCUT2D eigenvalue weighted by molar-refractivity contribution is 0.417. The summed E-state index contributed by atoms with van der Waals surface area (Å²) >= 11 is 3.40. The normalized spacial score (nSPS) is 10.0. The maximum atomic E-state index is 5.75. The molecule has 0 fully saturated rings. The van der Waals surface area contributed by atoms with E-state index in [1.807, 2.05) is 42.5 Å². The van der Waals surface area contributed by atoms with Crippen molar-refractivity contribution in [3.63, 3.8) is 0 Å². The molecular weight excluding hydrogens is 280 g/mol. The molecule has 0 aliphatic carbocycles. The van der Waals surface area contributed by atoms with Gasteiger partial charge >= 0.3 is 0 Å². The summed E-state index contributed by atoms with van der Waals surface area (Å²) in [4.78, 5) is 0. The fourth-order valence-corrected chi connectivity index (χ4v) is 1.75. The molecule has 2 aromatic rings. The van der Waals surface area contributed by atoms with Crippen molar-refractivity contribution in [2.45, 2.75) is 0 Å². The third-order valence-corrected chi connectivity index (χ3v) is 2.90. The lowest BCUT2D eigenvalue weighted by Crippen LogP contribution is -1.95. The highest BCUT2D eigenvalue weighted by atomic mass is 79.9. The summed E-state index contributed by atoms with van der Waals surface area (Å²) in [7, 11) is 1.61. The Bertz CT molecular complexity index is 511. The van der Waals surface area contributed by atoms with E-state index in [-0.39, 0.29) is 0 Å².